The molecule has 2 aromatic rings. The third kappa shape index (κ3) is 2.79. The van der Waals surface area contributed by atoms with Crippen molar-refractivity contribution in [3.05, 3.63) is 29.4 Å². The third-order valence-electron chi connectivity index (χ3n) is 2.30. The maximum absolute atomic E-state index is 11.8. The Labute approximate surface area is 118 Å². The number of anilines is 1. The summed E-state index contributed by atoms with van der Waals surface area (Å²) < 4.78 is -0.691. The first kappa shape index (κ1) is 13.2. The van der Waals surface area contributed by atoms with E-state index in [9.17, 15) is 4.79 Å². The number of alkyl halides is 1. The van der Waals surface area contributed by atoms with Gasteiger partial charge >= 0.3 is 0 Å². The zero-order valence-electron chi connectivity index (χ0n) is 9.87. The average molecular weight is 329 g/mol. The van der Waals surface area contributed by atoms with E-state index in [0.717, 1.165) is 0 Å². The number of para-hydroxylation sites is 2. The normalized spacial score (nSPS) is 11.6. The lowest BCUT2D eigenvalue weighted by Crippen LogP contribution is -2.31. The topological polar surface area (TPSA) is 54.9 Å². The van der Waals surface area contributed by atoms with Crippen molar-refractivity contribution in [2.75, 3.05) is 5.32 Å². The monoisotopic (exact) mass is 327 g/mol. The highest BCUT2D eigenvalue weighted by atomic mass is 79.9. The fourth-order valence-electron chi connectivity index (χ4n) is 1.31. The van der Waals surface area contributed by atoms with Crippen LogP contribution in [-0.2, 0) is 4.79 Å². The minimum atomic E-state index is -0.691. The SMILES string of the molecule is CC(C)(Br)C(=O)Nc1nc2ccccc2nc1Cl. The zero-order chi connectivity index (χ0) is 13.3. The van der Waals surface area contributed by atoms with E-state index in [1.807, 2.05) is 24.3 Å². The molecular weight excluding hydrogens is 318 g/mol. The van der Waals surface area contributed by atoms with Crippen molar-refractivity contribution in [2.24, 2.45) is 0 Å². The molecule has 1 aromatic heterocycles. The third-order valence-corrected chi connectivity index (χ3v) is 2.92. The summed E-state index contributed by atoms with van der Waals surface area (Å²) in [5, 5.41) is 2.83. The Hall–Kier alpha value is -1.20. The van der Waals surface area contributed by atoms with Crippen LogP contribution < -0.4 is 5.32 Å². The second kappa shape index (κ2) is 4.82. The summed E-state index contributed by atoms with van der Waals surface area (Å²) >= 11 is 9.27. The molecule has 18 heavy (non-hydrogen) atoms. The van der Waals surface area contributed by atoms with Crippen LogP contribution in [0.4, 0.5) is 5.82 Å². The van der Waals surface area contributed by atoms with Gasteiger partial charge in [0, 0.05) is 0 Å². The summed E-state index contributed by atoms with van der Waals surface area (Å²) in [6, 6.07) is 7.33. The molecule has 1 heterocycles. The number of hydrogen-bond donors (Lipinski definition) is 1. The predicted octanol–water partition coefficient (Wildman–Crippen LogP) is 3.40. The van der Waals surface area contributed by atoms with Gasteiger partial charge in [0.2, 0.25) is 5.91 Å². The summed E-state index contributed by atoms with van der Waals surface area (Å²) in [4.78, 5) is 20.3. The maximum Gasteiger partial charge on any atom is 0.241 e. The molecule has 94 valence electrons. The molecule has 1 amide bonds. The van der Waals surface area contributed by atoms with Crippen LogP contribution in [0.15, 0.2) is 24.3 Å². The molecule has 1 aromatic carbocycles. The van der Waals surface area contributed by atoms with Crippen molar-refractivity contribution < 1.29 is 4.79 Å². The summed E-state index contributed by atoms with van der Waals surface area (Å²) in [6.07, 6.45) is 0. The predicted molar refractivity (Wildman–Crippen MR) is 76.2 cm³/mol. The Kier molecular flexibility index (Phi) is 3.54. The molecule has 0 saturated carbocycles. The maximum atomic E-state index is 11.8. The molecule has 0 fully saturated rings. The van der Waals surface area contributed by atoms with E-state index in [2.05, 4.69) is 31.2 Å². The molecule has 6 heteroatoms. The lowest BCUT2D eigenvalue weighted by Gasteiger charge is -2.15. The molecule has 0 bridgehead atoms. The van der Waals surface area contributed by atoms with Crippen LogP contribution in [0.25, 0.3) is 11.0 Å². The number of fused-ring (bicyclic) bond motifs is 1. The van der Waals surface area contributed by atoms with Gasteiger partial charge in [0.1, 0.15) is 0 Å². The number of hydrogen-bond acceptors (Lipinski definition) is 3. The van der Waals surface area contributed by atoms with Crippen LogP contribution in [0, 0.1) is 0 Å². The first-order valence-corrected chi connectivity index (χ1v) is 6.47. The van der Waals surface area contributed by atoms with E-state index in [1.54, 1.807) is 13.8 Å². The van der Waals surface area contributed by atoms with Crippen LogP contribution in [-0.4, -0.2) is 20.2 Å². The van der Waals surface area contributed by atoms with Gasteiger partial charge in [-0.1, -0.05) is 39.7 Å². The van der Waals surface area contributed by atoms with Crippen LogP contribution in [0.2, 0.25) is 5.15 Å². The van der Waals surface area contributed by atoms with Crippen LogP contribution >= 0.6 is 27.5 Å². The number of aromatic nitrogens is 2. The number of carbonyl (C=O) groups is 1. The van der Waals surface area contributed by atoms with Gasteiger partial charge in [-0.25, -0.2) is 9.97 Å². The summed E-state index contributed by atoms with van der Waals surface area (Å²) in [7, 11) is 0. The highest BCUT2D eigenvalue weighted by Gasteiger charge is 2.25. The van der Waals surface area contributed by atoms with E-state index >= 15 is 0 Å². The fraction of sp³-hybridized carbons (Fsp3) is 0.250. The van der Waals surface area contributed by atoms with Crippen molar-refractivity contribution in [1.82, 2.24) is 9.97 Å². The lowest BCUT2D eigenvalue weighted by atomic mass is 10.2. The van der Waals surface area contributed by atoms with Crippen molar-refractivity contribution in [1.29, 1.82) is 0 Å². The quantitative estimate of drug-likeness (QED) is 0.860. The van der Waals surface area contributed by atoms with E-state index in [4.69, 9.17) is 11.6 Å². The molecule has 0 atom stereocenters. The molecule has 4 nitrogen and oxygen atoms in total. The van der Waals surface area contributed by atoms with E-state index in [1.165, 1.54) is 0 Å². The van der Waals surface area contributed by atoms with E-state index < -0.39 is 4.32 Å². The molecule has 0 radical (unpaired) electrons. The van der Waals surface area contributed by atoms with Gasteiger partial charge in [0.05, 0.1) is 15.4 Å². The smallest absolute Gasteiger partial charge is 0.241 e. The number of halogens is 2. The van der Waals surface area contributed by atoms with Crippen molar-refractivity contribution in [3.63, 3.8) is 0 Å². The molecule has 0 unspecified atom stereocenters. The van der Waals surface area contributed by atoms with Crippen molar-refractivity contribution >= 4 is 50.3 Å². The van der Waals surface area contributed by atoms with Gasteiger partial charge in [-0.15, -0.1) is 0 Å². The molecule has 0 aliphatic rings. The molecule has 0 aliphatic carbocycles. The standard InChI is InChI=1S/C12H11BrClN3O/c1-12(2,13)11(18)17-10-9(14)15-7-5-3-4-6-8(7)16-10/h3-6H,1-2H3,(H,16,17,18). The molecule has 0 spiro atoms. The number of carbonyl (C=O) groups excluding carboxylic acids is 1. The Morgan fingerprint density at radius 1 is 1.28 bits per heavy atom. The Morgan fingerprint density at radius 2 is 1.83 bits per heavy atom. The van der Waals surface area contributed by atoms with Crippen molar-refractivity contribution in [2.45, 2.75) is 18.2 Å². The van der Waals surface area contributed by atoms with Crippen LogP contribution in [0.3, 0.4) is 0 Å². The molecule has 1 N–H and O–H groups in total. The lowest BCUT2D eigenvalue weighted by molar-refractivity contribution is -0.117. The molecule has 2 rings (SSSR count). The summed E-state index contributed by atoms with van der Waals surface area (Å²) in [5.74, 6) is 0.0434. The summed E-state index contributed by atoms with van der Waals surface area (Å²) in [5.41, 5.74) is 1.38. The number of amides is 1. The second-order valence-corrected chi connectivity index (χ2v) is 6.62. The number of nitrogens with zero attached hydrogens (tertiary/aromatic N) is 2. The Morgan fingerprint density at radius 3 is 2.39 bits per heavy atom. The number of nitrogens with one attached hydrogen (secondary N) is 1. The first-order valence-electron chi connectivity index (χ1n) is 5.30. The van der Waals surface area contributed by atoms with E-state index in [-0.39, 0.29) is 16.9 Å². The van der Waals surface area contributed by atoms with Gasteiger partial charge < -0.3 is 5.32 Å². The average Bonchev–Trinajstić information content (AvgIpc) is 2.28. The van der Waals surface area contributed by atoms with Crippen LogP contribution in [0.1, 0.15) is 13.8 Å². The van der Waals surface area contributed by atoms with Crippen molar-refractivity contribution in [3.8, 4) is 0 Å². The Balaban J connectivity index is 2.40. The first-order chi connectivity index (χ1) is 8.38. The minimum Gasteiger partial charge on any atom is -0.307 e. The van der Waals surface area contributed by atoms with Gasteiger partial charge in [-0.05, 0) is 26.0 Å². The van der Waals surface area contributed by atoms with Crippen LogP contribution in [0.5, 0.6) is 0 Å². The zero-order valence-corrected chi connectivity index (χ0v) is 12.2. The molecule has 0 aliphatic heterocycles. The molecule has 0 saturated heterocycles. The van der Waals surface area contributed by atoms with Gasteiger partial charge in [0.25, 0.3) is 0 Å². The van der Waals surface area contributed by atoms with Gasteiger partial charge in [0.15, 0.2) is 11.0 Å². The highest BCUT2D eigenvalue weighted by Crippen LogP contribution is 2.24. The highest BCUT2D eigenvalue weighted by molar-refractivity contribution is 9.10. The minimum absolute atomic E-state index is 0.179. The van der Waals surface area contributed by atoms with Gasteiger partial charge in [-0.3, -0.25) is 4.79 Å². The molecular formula is C12H11BrClN3O. The van der Waals surface area contributed by atoms with Gasteiger partial charge in [-0.2, -0.15) is 0 Å². The number of benzene rings is 1. The number of rotatable bonds is 2. The Bertz CT molecular complexity index is 610. The second-order valence-electron chi connectivity index (χ2n) is 4.28. The summed E-state index contributed by atoms with van der Waals surface area (Å²) in [6.45, 7) is 3.48. The van der Waals surface area contributed by atoms with E-state index in [0.29, 0.717) is 11.0 Å². The largest absolute Gasteiger partial charge is 0.307 e. The fourth-order valence-corrected chi connectivity index (χ4v) is 1.59.